The second-order valence-electron chi connectivity index (χ2n) is 4.41. The molecule has 0 saturated heterocycles. The minimum Gasteiger partial charge on any atom is -0.378 e. The average molecular weight is 227 g/mol. The van der Waals surface area contributed by atoms with Gasteiger partial charge in [-0.05, 0) is 29.3 Å². The van der Waals surface area contributed by atoms with Crippen molar-refractivity contribution in [3.63, 3.8) is 0 Å². The summed E-state index contributed by atoms with van der Waals surface area (Å²) < 4.78 is 13.5. The lowest BCUT2D eigenvalue weighted by Gasteiger charge is -2.13. The number of nitrogens with zero attached hydrogens (tertiary/aromatic N) is 1. The van der Waals surface area contributed by atoms with Gasteiger partial charge in [-0.3, -0.25) is 0 Å². The Labute approximate surface area is 102 Å². The first-order valence-electron chi connectivity index (χ1n) is 5.62. The van der Waals surface area contributed by atoms with Gasteiger partial charge in [0, 0.05) is 19.8 Å². The van der Waals surface area contributed by atoms with Crippen LogP contribution < -0.4 is 10.4 Å². The molecule has 0 aromatic heterocycles. The van der Waals surface area contributed by atoms with Gasteiger partial charge in [0.05, 0.1) is 0 Å². The summed E-state index contributed by atoms with van der Waals surface area (Å²) in [5.41, 5.74) is 3.74. The first-order chi connectivity index (χ1) is 8.08. The van der Waals surface area contributed by atoms with Crippen LogP contribution in [0.4, 0.5) is 10.1 Å². The fourth-order valence-corrected chi connectivity index (χ4v) is 1.74. The molecule has 0 heterocycles. The molecule has 0 aliphatic carbocycles. The van der Waals surface area contributed by atoms with Gasteiger partial charge >= 0.3 is 0 Å². The highest BCUT2D eigenvalue weighted by molar-refractivity contribution is 6.32. The molecule has 2 rings (SSSR count). The smallest absolute Gasteiger partial charge is 0.143 e. The summed E-state index contributed by atoms with van der Waals surface area (Å²) >= 11 is 0. The van der Waals surface area contributed by atoms with E-state index >= 15 is 0 Å². The highest BCUT2D eigenvalue weighted by atomic mass is 19.1. The van der Waals surface area contributed by atoms with Crippen molar-refractivity contribution in [3.8, 4) is 11.1 Å². The number of halogens is 1. The third kappa shape index (κ3) is 2.49. The van der Waals surface area contributed by atoms with Crippen LogP contribution in [0, 0.1) is 5.82 Å². The summed E-state index contributed by atoms with van der Waals surface area (Å²) in [5.74, 6) is -0.155. The Kier molecular flexibility index (Phi) is 3.18. The molecule has 0 unspecified atom stereocenters. The molecule has 0 radical (unpaired) electrons. The molecule has 0 bridgehead atoms. The van der Waals surface area contributed by atoms with Crippen LogP contribution in [0.2, 0.25) is 0 Å². The monoisotopic (exact) mass is 227 g/mol. The zero-order valence-electron chi connectivity index (χ0n) is 10.4. The summed E-state index contributed by atoms with van der Waals surface area (Å²) in [7, 11) is 5.76. The standard InChI is InChI=1S/C14H15BFN/c1-17(2)12-5-3-4-10(8-12)11-6-7-13(15)14(16)9-11/h3-9H,15H2,1-2H3. The van der Waals surface area contributed by atoms with Gasteiger partial charge in [-0.25, -0.2) is 4.39 Å². The molecule has 2 aromatic carbocycles. The lowest BCUT2D eigenvalue weighted by Crippen LogP contribution is -2.09. The maximum atomic E-state index is 13.5. The lowest BCUT2D eigenvalue weighted by molar-refractivity contribution is 0.636. The molecule has 0 N–H and O–H groups in total. The SMILES string of the molecule is Bc1ccc(-c2cccc(N(C)C)c2)cc1F. The van der Waals surface area contributed by atoms with Crippen molar-refractivity contribution in [2.75, 3.05) is 19.0 Å². The molecule has 2 aromatic rings. The molecule has 0 fully saturated rings. The van der Waals surface area contributed by atoms with Crippen LogP contribution in [0.3, 0.4) is 0 Å². The highest BCUT2D eigenvalue weighted by Gasteiger charge is 2.03. The first-order valence-corrected chi connectivity index (χ1v) is 5.62. The largest absolute Gasteiger partial charge is 0.378 e. The average Bonchev–Trinajstić information content (AvgIpc) is 2.33. The Morgan fingerprint density at radius 2 is 1.71 bits per heavy atom. The zero-order valence-corrected chi connectivity index (χ0v) is 10.4. The van der Waals surface area contributed by atoms with Gasteiger partial charge < -0.3 is 4.90 Å². The fourth-order valence-electron chi connectivity index (χ4n) is 1.74. The Bertz CT molecular complexity index is 537. The van der Waals surface area contributed by atoms with E-state index in [9.17, 15) is 4.39 Å². The van der Waals surface area contributed by atoms with E-state index in [0.29, 0.717) is 5.46 Å². The molecule has 0 amide bonds. The molecule has 17 heavy (non-hydrogen) atoms. The lowest BCUT2D eigenvalue weighted by atomic mass is 9.93. The van der Waals surface area contributed by atoms with E-state index in [1.165, 1.54) is 0 Å². The van der Waals surface area contributed by atoms with Gasteiger partial charge in [0.1, 0.15) is 13.7 Å². The van der Waals surface area contributed by atoms with Crippen LogP contribution in [-0.2, 0) is 0 Å². The van der Waals surface area contributed by atoms with Gasteiger partial charge in [0.15, 0.2) is 0 Å². The van der Waals surface area contributed by atoms with Gasteiger partial charge in [0.2, 0.25) is 0 Å². The summed E-state index contributed by atoms with van der Waals surface area (Å²) in [4.78, 5) is 2.04. The second kappa shape index (κ2) is 4.62. The maximum Gasteiger partial charge on any atom is 0.143 e. The Morgan fingerprint density at radius 3 is 2.35 bits per heavy atom. The van der Waals surface area contributed by atoms with Crippen LogP contribution in [0.1, 0.15) is 0 Å². The molecule has 0 aliphatic heterocycles. The molecule has 0 atom stereocenters. The van der Waals surface area contributed by atoms with E-state index < -0.39 is 0 Å². The molecule has 1 nitrogen and oxygen atoms in total. The van der Waals surface area contributed by atoms with Crippen LogP contribution in [0.25, 0.3) is 11.1 Å². The van der Waals surface area contributed by atoms with Crippen molar-refractivity contribution < 1.29 is 4.39 Å². The van der Waals surface area contributed by atoms with Crippen molar-refractivity contribution in [3.05, 3.63) is 48.3 Å². The molecule has 0 aliphatic rings. The molecule has 0 saturated carbocycles. The molecular weight excluding hydrogens is 212 g/mol. The molecule has 0 spiro atoms. The topological polar surface area (TPSA) is 3.24 Å². The van der Waals surface area contributed by atoms with Crippen LogP contribution >= 0.6 is 0 Å². The van der Waals surface area contributed by atoms with Crippen LogP contribution in [0.15, 0.2) is 42.5 Å². The molecular formula is C14H15BFN. The van der Waals surface area contributed by atoms with Crippen LogP contribution in [0.5, 0.6) is 0 Å². The van der Waals surface area contributed by atoms with Crippen molar-refractivity contribution in [2.24, 2.45) is 0 Å². The Morgan fingerprint density at radius 1 is 1.00 bits per heavy atom. The zero-order chi connectivity index (χ0) is 12.4. The molecule has 86 valence electrons. The highest BCUT2D eigenvalue weighted by Crippen LogP contribution is 2.23. The van der Waals surface area contributed by atoms with E-state index in [2.05, 4.69) is 6.07 Å². The maximum absolute atomic E-state index is 13.5. The Balaban J connectivity index is 2.45. The number of hydrogen-bond acceptors (Lipinski definition) is 1. The van der Waals surface area contributed by atoms with E-state index in [1.807, 2.05) is 49.3 Å². The van der Waals surface area contributed by atoms with E-state index in [4.69, 9.17) is 0 Å². The predicted molar refractivity (Wildman–Crippen MR) is 74.3 cm³/mol. The summed E-state index contributed by atoms with van der Waals surface area (Å²) in [5, 5.41) is 0. The Hall–Kier alpha value is -1.77. The third-order valence-electron chi connectivity index (χ3n) is 2.87. The van der Waals surface area contributed by atoms with Crippen molar-refractivity contribution in [2.45, 2.75) is 0 Å². The van der Waals surface area contributed by atoms with Gasteiger partial charge in [-0.1, -0.05) is 29.7 Å². The normalized spacial score (nSPS) is 10.3. The van der Waals surface area contributed by atoms with E-state index in [0.717, 1.165) is 16.8 Å². The number of hydrogen-bond donors (Lipinski definition) is 0. The first kappa shape index (κ1) is 11.7. The van der Waals surface area contributed by atoms with Gasteiger partial charge in [0.25, 0.3) is 0 Å². The fraction of sp³-hybridized carbons (Fsp3) is 0.143. The molecule has 3 heteroatoms. The van der Waals surface area contributed by atoms with E-state index in [-0.39, 0.29) is 5.82 Å². The van der Waals surface area contributed by atoms with E-state index in [1.54, 1.807) is 13.9 Å². The summed E-state index contributed by atoms with van der Waals surface area (Å²) in [6.07, 6.45) is 0. The van der Waals surface area contributed by atoms with Crippen molar-refractivity contribution in [1.82, 2.24) is 0 Å². The number of anilines is 1. The minimum atomic E-state index is -0.155. The predicted octanol–water partition coefficient (Wildman–Crippen LogP) is 1.82. The van der Waals surface area contributed by atoms with Gasteiger partial charge in [-0.2, -0.15) is 0 Å². The third-order valence-corrected chi connectivity index (χ3v) is 2.87. The summed E-state index contributed by atoms with van der Waals surface area (Å²) in [6, 6.07) is 13.4. The van der Waals surface area contributed by atoms with Crippen LogP contribution in [-0.4, -0.2) is 21.9 Å². The quantitative estimate of drug-likeness (QED) is 0.707. The van der Waals surface area contributed by atoms with Crippen molar-refractivity contribution in [1.29, 1.82) is 0 Å². The summed E-state index contributed by atoms with van der Waals surface area (Å²) in [6.45, 7) is 0. The minimum absolute atomic E-state index is 0.155. The number of benzene rings is 2. The number of rotatable bonds is 2. The second-order valence-corrected chi connectivity index (χ2v) is 4.41. The van der Waals surface area contributed by atoms with Gasteiger partial charge in [-0.15, -0.1) is 0 Å². The van der Waals surface area contributed by atoms with Crippen molar-refractivity contribution >= 4 is 19.0 Å².